The molecule has 168 valence electrons. The van der Waals surface area contributed by atoms with E-state index in [-0.39, 0.29) is 36.5 Å². The second-order valence-electron chi connectivity index (χ2n) is 9.86. The lowest BCUT2D eigenvalue weighted by atomic mass is 9.84. The van der Waals surface area contributed by atoms with Crippen LogP contribution in [0.2, 0.25) is 0 Å². The first-order chi connectivity index (χ1) is 14.8. The molecule has 6 nitrogen and oxygen atoms in total. The minimum Gasteiger partial charge on any atom is -0.486 e. The predicted molar refractivity (Wildman–Crippen MR) is 118 cm³/mol. The maximum Gasteiger partial charge on any atom is 0.242 e. The number of Topliss-reactive ketones (excluding diaryl/α,β-unsaturated/α-hetero) is 1. The number of nitrogens with zero attached hydrogens (tertiary/aromatic N) is 1. The van der Waals surface area contributed by atoms with Gasteiger partial charge in [-0.3, -0.25) is 14.4 Å². The van der Waals surface area contributed by atoms with Gasteiger partial charge in [0.2, 0.25) is 11.8 Å². The summed E-state index contributed by atoms with van der Waals surface area (Å²) in [6.45, 7) is 6.44. The molecule has 1 aromatic carbocycles. The average molecular weight is 427 g/mol. The average Bonchev–Trinajstić information content (AvgIpc) is 2.89. The number of nitrogens with one attached hydrogen (secondary N) is 1. The maximum atomic E-state index is 12.9. The standard InChI is InChI=1S/C25H34N2O4/c1-16-4-7-19(8-5-16)26-24(30)18(3)27-13-12-25(11-10-23(27)29)15-21(28)20-14-17(2)6-9-22(20)31-25/h6,9,14,16,18-19H,4-5,7-8,10-13,15H2,1-3H3,(H,26,30). The molecule has 4 rings (SSSR count). The number of hydrogen-bond acceptors (Lipinski definition) is 4. The molecule has 0 bridgehead atoms. The summed E-state index contributed by atoms with van der Waals surface area (Å²) in [5, 5.41) is 3.16. The summed E-state index contributed by atoms with van der Waals surface area (Å²) in [5.41, 5.74) is 0.994. The van der Waals surface area contributed by atoms with Gasteiger partial charge in [-0.1, -0.05) is 18.6 Å². The van der Waals surface area contributed by atoms with Crippen LogP contribution >= 0.6 is 0 Å². The first-order valence-corrected chi connectivity index (χ1v) is 11.7. The molecule has 2 aliphatic heterocycles. The highest BCUT2D eigenvalue weighted by atomic mass is 16.5. The summed E-state index contributed by atoms with van der Waals surface area (Å²) in [6, 6.07) is 5.36. The summed E-state index contributed by atoms with van der Waals surface area (Å²) in [5.74, 6) is 1.29. The Kier molecular flexibility index (Phi) is 6.09. The first-order valence-electron chi connectivity index (χ1n) is 11.7. The topological polar surface area (TPSA) is 75.7 Å². The van der Waals surface area contributed by atoms with Crippen molar-refractivity contribution in [2.75, 3.05) is 6.54 Å². The van der Waals surface area contributed by atoms with E-state index >= 15 is 0 Å². The molecule has 1 aliphatic carbocycles. The number of ether oxygens (including phenoxy) is 1. The number of carbonyl (C=O) groups excluding carboxylic acids is 3. The molecule has 6 heteroatoms. The Morgan fingerprint density at radius 2 is 1.94 bits per heavy atom. The summed E-state index contributed by atoms with van der Waals surface area (Å²) in [4.78, 5) is 40.3. The van der Waals surface area contributed by atoms with Crippen LogP contribution in [-0.2, 0) is 9.59 Å². The van der Waals surface area contributed by atoms with Crippen LogP contribution in [0.3, 0.4) is 0 Å². The number of rotatable bonds is 3. The molecule has 2 atom stereocenters. The summed E-state index contributed by atoms with van der Waals surface area (Å²) in [7, 11) is 0. The lowest BCUT2D eigenvalue weighted by Gasteiger charge is -2.37. The van der Waals surface area contributed by atoms with Gasteiger partial charge in [-0.2, -0.15) is 0 Å². The Labute approximate surface area is 184 Å². The quantitative estimate of drug-likeness (QED) is 0.798. The molecule has 0 radical (unpaired) electrons. The third kappa shape index (κ3) is 4.63. The van der Waals surface area contributed by atoms with E-state index in [2.05, 4.69) is 12.2 Å². The minimum atomic E-state index is -0.667. The van der Waals surface area contributed by atoms with Crippen molar-refractivity contribution < 1.29 is 19.1 Å². The number of fused-ring (bicyclic) bond motifs is 1. The molecule has 1 saturated heterocycles. The monoisotopic (exact) mass is 426 g/mol. The van der Waals surface area contributed by atoms with Gasteiger partial charge >= 0.3 is 0 Å². The Bertz CT molecular complexity index is 874. The zero-order chi connectivity index (χ0) is 22.2. The third-order valence-corrected chi connectivity index (χ3v) is 7.38. The normalized spacial score (nSPS) is 29.7. The first kappa shape index (κ1) is 21.8. The van der Waals surface area contributed by atoms with Crippen molar-refractivity contribution in [3.63, 3.8) is 0 Å². The van der Waals surface area contributed by atoms with Crippen molar-refractivity contribution in [1.29, 1.82) is 0 Å². The molecule has 2 amide bonds. The van der Waals surface area contributed by atoms with E-state index in [1.807, 2.05) is 32.0 Å². The van der Waals surface area contributed by atoms with Gasteiger partial charge in [0, 0.05) is 25.4 Å². The van der Waals surface area contributed by atoms with Crippen molar-refractivity contribution in [2.24, 2.45) is 5.92 Å². The van der Waals surface area contributed by atoms with Gasteiger partial charge in [0.25, 0.3) is 0 Å². The number of amides is 2. The smallest absolute Gasteiger partial charge is 0.242 e. The molecular weight excluding hydrogens is 392 g/mol. The second-order valence-corrected chi connectivity index (χ2v) is 9.86. The van der Waals surface area contributed by atoms with E-state index in [4.69, 9.17) is 4.74 Å². The second kappa shape index (κ2) is 8.64. The summed E-state index contributed by atoms with van der Waals surface area (Å²) >= 11 is 0. The molecule has 1 aromatic rings. The number of ketones is 1. The zero-order valence-electron chi connectivity index (χ0n) is 18.9. The van der Waals surface area contributed by atoms with Crippen LogP contribution < -0.4 is 10.1 Å². The number of likely N-dealkylation sites (tertiary alicyclic amines) is 1. The number of hydrogen-bond donors (Lipinski definition) is 1. The van der Waals surface area contributed by atoms with Crippen molar-refractivity contribution in [3.8, 4) is 5.75 Å². The molecule has 0 aromatic heterocycles. The largest absolute Gasteiger partial charge is 0.486 e. The number of carbonyl (C=O) groups is 3. The van der Waals surface area contributed by atoms with E-state index in [0.29, 0.717) is 30.7 Å². The van der Waals surface area contributed by atoms with Gasteiger partial charge in [-0.15, -0.1) is 0 Å². The SMILES string of the molecule is Cc1ccc2c(c1)C(=O)CC1(CCC(=O)N(C(C)C(=O)NC3CCC(C)CC3)CC1)O2. The molecule has 1 saturated carbocycles. The number of aryl methyl sites for hydroxylation is 1. The van der Waals surface area contributed by atoms with Crippen LogP contribution in [0.25, 0.3) is 0 Å². The maximum absolute atomic E-state index is 12.9. The number of benzene rings is 1. The van der Waals surface area contributed by atoms with E-state index in [0.717, 1.165) is 37.2 Å². The third-order valence-electron chi connectivity index (χ3n) is 7.38. The fraction of sp³-hybridized carbons (Fsp3) is 0.640. The molecule has 1 spiro atoms. The highest BCUT2D eigenvalue weighted by Crippen LogP contribution is 2.40. The molecule has 2 unspecified atom stereocenters. The van der Waals surface area contributed by atoms with Gasteiger partial charge in [-0.25, -0.2) is 0 Å². The van der Waals surface area contributed by atoms with Gasteiger partial charge < -0.3 is 15.0 Å². The highest BCUT2D eigenvalue weighted by Gasteiger charge is 2.44. The summed E-state index contributed by atoms with van der Waals surface area (Å²) < 4.78 is 6.33. The summed E-state index contributed by atoms with van der Waals surface area (Å²) in [6.07, 6.45) is 5.90. The molecular formula is C25H34N2O4. The van der Waals surface area contributed by atoms with Crippen LogP contribution in [0.4, 0.5) is 0 Å². The minimum absolute atomic E-state index is 0.0393. The van der Waals surface area contributed by atoms with Gasteiger partial charge in [-0.05, 0) is 64.0 Å². The molecule has 3 aliphatic rings. The van der Waals surface area contributed by atoms with Gasteiger partial charge in [0.1, 0.15) is 17.4 Å². The van der Waals surface area contributed by atoms with Crippen LogP contribution in [0.15, 0.2) is 18.2 Å². The van der Waals surface area contributed by atoms with Crippen LogP contribution in [0, 0.1) is 12.8 Å². The van der Waals surface area contributed by atoms with Crippen LogP contribution in [-0.4, -0.2) is 46.7 Å². The van der Waals surface area contributed by atoms with E-state index in [1.165, 1.54) is 0 Å². The Balaban J connectivity index is 1.42. The van der Waals surface area contributed by atoms with Crippen molar-refractivity contribution in [2.45, 2.75) is 89.8 Å². The Morgan fingerprint density at radius 1 is 1.19 bits per heavy atom. The Hall–Kier alpha value is -2.37. The lowest BCUT2D eigenvalue weighted by molar-refractivity contribution is -0.139. The van der Waals surface area contributed by atoms with Gasteiger partial charge in [0.15, 0.2) is 5.78 Å². The fourth-order valence-corrected chi connectivity index (χ4v) is 5.22. The Morgan fingerprint density at radius 3 is 2.68 bits per heavy atom. The van der Waals surface area contributed by atoms with Crippen LogP contribution in [0.5, 0.6) is 5.75 Å². The van der Waals surface area contributed by atoms with Crippen molar-refractivity contribution in [3.05, 3.63) is 29.3 Å². The lowest BCUT2D eigenvalue weighted by Crippen LogP contribution is -2.51. The van der Waals surface area contributed by atoms with Crippen LogP contribution in [0.1, 0.15) is 81.1 Å². The predicted octanol–water partition coefficient (Wildman–Crippen LogP) is 3.79. The van der Waals surface area contributed by atoms with E-state index < -0.39 is 11.6 Å². The van der Waals surface area contributed by atoms with Crippen molar-refractivity contribution in [1.82, 2.24) is 10.2 Å². The molecule has 31 heavy (non-hydrogen) atoms. The molecule has 2 heterocycles. The van der Waals surface area contributed by atoms with Crippen molar-refractivity contribution >= 4 is 17.6 Å². The van der Waals surface area contributed by atoms with E-state index in [9.17, 15) is 14.4 Å². The highest BCUT2D eigenvalue weighted by molar-refractivity contribution is 6.00. The molecule has 2 fully saturated rings. The fourth-order valence-electron chi connectivity index (χ4n) is 5.22. The van der Waals surface area contributed by atoms with E-state index in [1.54, 1.807) is 4.90 Å². The van der Waals surface area contributed by atoms with Gasteiger partial charge in [0.05, 0.1) is 12.0 Å². The molecule has 1 N–H and O–H groups in total. The zero-order valence-corrected chi connectivity index (χ0v) is 18.9.